The summed E-state index contributed by atoms with van der Waals surface area (Å²) in [4.78, 5) is 4.89. The Morgan fingerprint density at radius 3 is 2.60 bits per heavy atom. The number of aromatic nitrogens is 1. The molecular weight excluding hydrogens is 210 g/mol. The first-order valence-corrected chi connectivity index (χ1v) is 6.00. The lowest BCUT2D eigenvalue weighted by Crippen LogP contribution is -1.93. The molecule has 0 aliphatic heterocycles. The predicted molar refractivity (Wildman–Crippen MR) is 58.9 cm³/mol. The molecule has 15 heavy (non-hydrogen) atoms. The number of oxazole rings is 1. The largest absolute Gasteiger partial charge is 0.451 e. The van der Waals surface area contributed by atoms with Crippen LogP contribution in [-0.2, 0) is 10.8 Å². The normalized spacial score (nSPS) is 12.6. The van der Waals surface area contributed by atoms with Crippen molar-refractivity contribution in [2.24, 2.45) is 0 Å². The molecule has 0 spiro atoms. The van der Waals surface area contributed by atoms with Crippen LogP contribution < -0.4 is 0 Å². The van der Waals surface area contributed by atoms with Gasteiger partial charge in [0.25, 0.3) is 0 Å². The first-order valence-electron chi connectivity index (χ1n) is 4.68. The lowest BCUT2D eigenvalue weighted by molar-refractivity contribution is 0.558. The number of nitrogens with zero attached hydrogens (tertiary/aromatic N) is 1. The average Bonchev–Trinajstić information content (AvgIpc) is 2.82. The van der Waals surface area contributed by atoms with Crippen molar-refractivity contribution in [1.82, 2.24) is 4.98 Å². The SMILES string of the molecule is CCS(=O)c1ccc(-c2cocn2)cc1. The second-order valence-corrected chi connectivity index (χ2v) is 4.77. The highest BCUT2D eigenvalue weighted by atomic mass is 32.2. The second kappa shape index (κ2) is 4.40. The van der Waals surface area contributed by atoms with Crippen molar-refractivity contribution in [1.29, 1.82) is 0 Å². The van der Waals surface area contributed by atoms with Crippen LogP contribution in [-0.4, -0.2) is 14.9 Å². The smallest absolute Gasteiger partial charge is 0.181 e. The van der Waals surface area contributed by atoms with Gasteiger partial charge >= 0.3 is 0 Å². The van der Waals surface area contributed by atoms with Crippen LogP contribution in [0.15, 0.2) is 46.2 Å². The van der Waals surface area contributed by atoms with Gasteiger partial charge in [-0.1, -0.05) is 19.1 Å². The van der Waals surface area contributed by atoms with Gasteiger partial charge in [-0.3, -0.25) is 4.21 Å². The van der Waals surface area contributed by atoms with Gasteiger partial charge in [-0.2, -0.15) is 0 Å². The van der Waals surface area contributed by atoms with Crippen LogP contribution in [0, 0.1) is 0 Å². The second-order valence-electron chi connectivity index (χ2n) is 3.03. The predicted octanol–water partition coefficient (Wildman–Crippen LogP) is 2.47. The third-order valence-electron chi connectivity index (χ3n) is 2.11. The minimum absolute atomic E-state index is 0.642. The molecule has 0 bridgehead atoms. The zero-order chi connectivity index (χ0) is 10.7. The van der Waals surface area contributed by atoms with E-state index in [1.807, 2.05) is 31.2 Å². The quantitative estimate of drug-likeness (QED) is 0.799. The van der Waals surface area contributed by atoms with Gasteiger partial charge in [0.05, 0.1) is 10.8 Å². The standard InChI is InChI=1S/C11H11NO2S/c1-2-15(13)10-5-3-9(4-6-10)11-7-14-8-12-11/h3-8H,2H2,1H3. The molecule has 0 aliphatic rings. The minimum atomic E-state index is -0.889. The van der Waals surface area contributed by atoms with Crippen molar-refractivity contribution >= 4 is 10.8 Å². The summed E-state index contributed by atoms with van der Waals surface area (Å²) >= 11 is 0. The zero-order valence-electron chi connectivity index (χ0n) is 8.34. The maximum Gasteiger partial charge on any atom is 0.181 e. The lowest BCUT2D eigenvalue weighted by Gasteiger charge is -2.00. The summed E-state index contributed by atoms with van der Waals surface area (Å²) in [5, 5.41) is 0. The Labute approximate surface area is 90.6 Å². The van der Waals surface area contributed by atoms with E-state index < -0.39 is 10.8 Å². The van der Waals surface area contributed by atoms with Gasteiger partial charge in [0, 0.05) is 16.2 Å². The number of hydrogen-bond donors (Lipinski definition) is 0. The summed E-state index contributed by atoms with van der Waals surface area (Å²) in [5.41, 5.74) is 1.77. The summed E-state index contributed by atoms with van der Waals surface area (Å²) in [6.45, 7) is 1.90. The molecule has 1 atom stereocenters. The van der Waals surface area contributed by atoms with Crippen molar-refractivity contribution in [3.05, 3.63) is 36.9 Å². The molecule has 0 N–H and O–H groups in total. The zero-order valence-corrected chi connectivity index (χ0v) is 9.16. The Hall–Kier alpha value is -1.42. The number of hydrogen-bond acceptors (Lipinski definition) is 3. The first kappa shape index (κ1) is 10.1. The molecule has 1 aromatic carbocycles. The van der Waals surface area contributed by atoms with Gasteiger partial charge in [-0.15, -0.1) is 0 Å². The molecule has 1 aromatic heterocycles. The van der Waals surface area contributed by atoms with E-state index in [1.165, 1.54) is 6.39 Å². The molecule has 0 radical (unpaired) electrons. The highest BCUT2D eigenvalue weighted by Crippen LogP contribution is 2.18. The van der Waals surface area contributed by atoms with Crippen LogP contribution in [0.5, 0.6) is 0 Å². The maximum absolute atomic E-state index is 11.5. The fourth-order valence-electron chi connectivity index (χ4n) is 1.30. The van der Waals surface area contributed by atoms with Gasteiger partial charge in [-0.25, -0.2) is 4.98 Å². The summed E-state index contributed by atoms with van der Waals surface area (Å²) < 4.78 is 16.4. The van der Waals surface area contributed by atoms with Crippen LogP contribution in [0.25, 0.3) is 11.3 Å². The Bertz CT molecular complexity index is 448. The average molecular weight is 221 g/mol. The summed E-state index contributed by atoms with van der Waals surface area (Å²) in [7, 11) is -0.889. The van der Waals surface area contributed by atoms with Gasteiger partial charge in [0.2, 0.25) is 0 Å². The molecule has 0 fully saturated rings. The number of benzene rings is 1. The van der Waals surface area contributed by atoms with E-state index in [2.05, 4.69) is 4.98 Å². The van der Waals surface area contributed by atoms with E-state index in [0.29, 0.717) is 5.75 Å². The Balaban J connectivity index is 2.29. The highest BCUT2D eigenvalue weighted by Gasteiger charge is 2.03. The Morgan fingerprint density at radius 2 is 2.07 bits per heavy atom. The fraction of sp³-hybridized carbons (Fsp3) is 0.182. The molecule has 0 amide bonds. The van der Waals surface area contributed by atoms with Crippen molar-refractivity contribution < 1.29 is 8.63 Å². The van der Waals surface area contributed by atoms with E-state index in [0.717, 1.165) is 16.2 Å². The molecule has 0 saturated heterocycles. The Kier molecular flexibility index (Phi) is 2.97. The third kappa shape index (κ3) is 2.15. The van der Waals surface area contributed by atoms with E-state index in [4.69, 9.17) is 4.42 Å². The van der Waals surface area contributed by atoms with Crippen LogP contribution >= 0.6 is 0 Å². The molecular formula is C11H11NO2S. The molecule has 1 heterocycles. The minimum Gasteiger partial charge on any atom is -0.451 e. The van der Waals surface area contributed by atoms with Crippen LogP contribution in [0.4, 0.5) is 0 Å². The fourth-order valence-corrected chi connectivity index (χ4v) is 2.07. The third-order valence-corrected chi connectivity index (χ3v) is 3.43. The van der Waals surface area contributed by atoms with Crippen LogP contribution in [0.2, 0.25) is 0 Å². The van der Waals surface area contributed by atoms with E-state index in [1.54, 1.807) is 6.26 Å². The van der Waals surface area contributed by atoms with E-state index in [9.17, 15) is 4.21 Å². The lowest BCUT2D eigenvalue weighted by atomic mass is 10.2. The van der Waals surface area contributed by atoms with Crippen molar-refractivity contribution in [3.8, 4) is 11.3 Å². The summed E-state index contributed by atoms with van der Waals surface area (Å²) in [5.74, 6) is 0.642. The molecule has 0 saturated carbocycles. The van der Waals surface area contributed by atoms with Crippen LogP contribution in [0.1, 0.15) is 6.92 Å². The molecule has 2 aromatic rings. The van der Waals surface area contributed by atoms with E-state index >= 15 is 0 Å². The van der Waals surface area contributed by atoms with Gasteiger partial charge in [0.15, 0.2) is 6.39 Å². The number of rotatable bonds is 3. The topological polar surface area (TPSA) is 43.1 Å². The van der Waals surface area contributed by atoms with Gasteiger partial charge in [0.1, 0.15) is 12.0 Å². The molecule has 4 heteroatoms. The van der Waals surface area contributed by atoms with Gasteiger partial charge in [-0.05, 0) is 12.1 Å². The van der Waals surface area contributed by atoms with Crippen molar-refractivity contribution in [2.45, 2.75) is 11.8 Å². The highest BCUT2D eigenvalue weighted by molar-refractivity contribution is 7.85. The first-order chi connectivity index (χ1) is 7.31. The molecule has 0 aliphatic carbocycles. The summed E-state index contributed by atoms with van der Waals surface area (Å²) in [6, 6.07) is 7.54. The van der Waals surface area contributed by atoms with Crippen molar-refractivity contribution in [3.63, 3.8) is 0 Å². The molecule has 1 unspecified atom stereocenters. The molecule has 3 nitrogen and oxygen atoms in total. The monoisotopic (exact) mass is 221 g/mol. The Morgan fingerprint density at radius 1 is 1.33 bits per heavy atom. The summed E-state index contributed by atoms with van der Waals surface area (Å²) in [6.07, 6.45) is 2.99. The molecule has 78 valence electrons. The van der Waals surface area contributed by atoms with Crippen LogP contribution in [0.3, 0.4) is 0 Å². The van der Waals surface area contributed by atoms with Crippen molar-refractivity contribution in [2.75, 3.05) is 5.75 Å². The van der Waals surface area contributed by atoms with E-state index in [-0.39, 0.29) is 0 Å². The van der Waals surface area contributed by atoms with Gasteiger partial charge < -0.3 is 4.42 Å². The maximum atomic E-state index is 11.5. The molecule has 2 rings (SSSR count).